The number of esters is 1. The molecule has 1 fully saturated rings. The molecule has 11 heteroatoms. The van der Waals surface area contributed by atoms with E-state index in [1.165, 1.54) is 10.6 Å². The number of nitrogens with one attached hydrogen (secondary N) is 1. The van der Waals surface area contributed by atoms with Crippen LogP contribution in [0.25, 0.3) is 11.1 Å². The predicted molar refractivity (Wildman–Crippen MR) is 185 cm³/mol. The first-order chi connectivity index (χ1) is 23.0. The molecular formula is C38H49F3N4O4. The average Bonchev–Trinajstić information content (AvgIpc) is 2.98. The molecule has 4 rings (SSSR count). The maximum absolute atomic E-state index is 14.6. The van der Waals surface area contributed by atoms with Gasteiger partial charge in [0.15, 0.2) is 0 Å². The highest BCUT2D eigenvalue weighted by Crippen LogP contribution is 2.37. The summed E-state index contributed by atoms with van der Waals surface area (Å²) in [4.78, 5) is 46.8. The Bertz CT molecular complexity index is 1710. The van der Waals surface area contributed by atoms with Crippen molar-refractivity contribution in [2.45, 2.75) is 98.8 Å². The van der Waals surface area contributed by atoms with E-state index in [0.29, 0.717) is 42.9 Å². The van der Waals surface area contributed by atoms with Gasteiger partial charge in [0.05, 0.1) is 19.1 Å². The van der Waals surface area contributed by atoms with Crippen LogP contribution in [0.3, 0.4) is 0 Å². The zero-order chi connectivity index (χ0) is 36.2. The second-order valence-electron chi connectivity index (χ2n) is 14.0. The molecule has 2 aromatic carbocycles. The summed E-state index contributed by atoms with van der Waals surface area (Å²) in [6.45, 7) is 15.5. The van der Waals surface area contributed by atoms with Crippen LogP contribution in [-0.4, -0.2) is 58.2 Å². The number of nitrogens with zero attached hydrogens (tertiary/aromatic N) is 3. The van der Waals surface area contributed by atoms with E-state index in [-0.39, 0.29) is 36.5 Å². The lowest BCUT2D eigenvalue weighted by Crippen LogP contribution is -2.57. The number of carbonyl (C=O) groups is 2. The molecule has 1 N–H and O–H groups in total. The number of halogens is 3. The molecule has 8 nitrogen and oxygen atoms in total. The van der Waals surface area contributed by atoms with Gasteiger partial charge in [0.1, 0.15) is 11.7 Å². The smallest absolute Gasteiger partial charge is 0.348 e. The molecule has 1 aliphatic rings. The molecule has 1 aliphatic heterocycles. The van der Waals surface area contributed by atoms with Crippen molar-refractivity contribution in [3.8, 4) is 11.1 Å². The van der Waals surface area contributed by atoms with Gasteiger partial charge >= 0.3 is 11.7 Å². The van der Waals surface area contributed by atoms with Crippen molar-refractivity contribution in [1.29, 1.82) is 0 Å². The minimum absolute atomic E-state index is 0.0150. The van der Waals surface area contributed by atoms with Crippen LogP contribution in [0, 0.1) is 33.6 Å². The standard InChI is InChI=1S/C38H49F3N4O4/c1-9-49-33(46)18-31(29-16-28(17-30(25(29)6)35(39)40)34-23(4)11-10-12-24(34)5)43-36(47)32(15-22(2)3)45-19-27(26(7)42-37(45)48)13-14-44-20-38(8,41)21-44/h10-12,16-17,19,22,31-32,35H,9,13-15,18,20-21H2,1-8H3,(H,43,47)/t31-,32-/m0/s1. The molecule has 0 spiro atoms. The number of aryl methyl sites for hydroxylation is 3. The fourth-order valence-electron chi connectivity index (χ4n) is 6.83. The number of amides is 1. The summed E-state index contributed by atoms with van der Waals surface area (Å²) in [7, 11) is 0. The van der Waals surface area contributed by atoms with E-state index in [9.17, 15) is 27.6 Å². The molecule has 49 heavy (non-hydrogen) atoms. The lowest BCUT2D eigenvalue weighted by atomic mass is 9.87. The number of likely N-dealkylation sites (tertiary alicyclic amines) is 1. The molecule has 0 radical (unpaired) electrons. The lowest BCUT2D eigenvalue weighted by molar-refractivity contribution is -0.144. The molecule has 0 bridgehead atoms. The van der Waals surface area contributed by atoms with Crippen molar-refractivity contribution >= 4 is 11.9 Å². The van der Waals surface area contributed by atoms with Gasteiger partial charge in [-0.25, -0.2) is 18.0 Å². The van der Waals surface area contributed by atoms with Gasteiger partial charge in [-0.2, -0.15) is 4.98 Å². The molecule has 0 saturated carbocycles. The van der Waals surface area contributed by atoms with Crippen LogP contribution >= 0.6 is 0 Å². The number of hydrogen-bond donors (Lipinski definition) is 1. The minimum Gasteiger partial charge on any atom is -0.466 e. The average molecular weight is 683 g/mol. The second kappa shape index (κ2) is 15.7. The van der Waals surface area contributed by atoms with Gasteiger partial charge in [-0.3, -0.25) is 19.1 Å². The lowest BCUT2D eigenvalue weighted by Gasteiger charge is -2.42. The summed E-state index contributed by atoms with van der Waals surface area (Å²) in [6, 6.07) is 6.90. The number of ether oxygens (including phenoxy) is 1. The monoisotopic (exact) mass is 682 g/mol. The normalized spacial score (nSPS) is 15.6. The van der Waals surface area contributed by atoms with E-state index in [1.54, 1.807) is 40.0 Å². The van der Waals surface area contributed by atoms with Crippen molar-refractivity contribution < 1.29 is 27.5 Å². The van der Waals surface area contributed by atoms with E-state index < -0.39 is 41.7 Å². The fourth-order valence-corrected chi connectivity index (χ4v) is 6.83. The van der Waals surface area contributed by atoms with Crippen LogP contribution in [0.4, 0.5) is 13.2 Å². The highest BCUT2D eigenvalue weighted by Gasteiger charge is 2.38. The van der Waals surface area contributed by atoms with Gasteiger partial charge in [-0.1, -0.05) is 32.0 Å². The highest BCUT2D eigenvalue weighted by molar-refractivity contribution is 5.82. The summed E-state index contributed by atoms with van der Waals surface area (Å²) in [5.74, 6) is -1.16. The van der Waals surface area contributed by atoms with E-state index in [1.807, 2.05) is 50.8 Å². The molecule has 1 aromatic heterocycles. The third-order valence-corrected chi connectivity index (χ3v) is 9.24. The molecule has 1 amide bonds. The number of benzene rings is 2. The Balaban J connectivity index is 1.77. The number of aromatic nitrogens is 2. The first-order valence-electron chi connectivity index (χ1n) is 17.0. The van der Waals surface area contributed by atoms with Gasteiger partial charge in [0.25, 0.3) is 6.43 Å². The fraction of sp³-hybridized carbons (Fsp3) is 0.526. The number of carbonyl (C=O) groups excluding carboxylic acids is 2. The molecular weight excluding hydrogens is 633 g/mol. The summed E-state index contributed by atoms with van der Waals surface area (Å²) >= 11 is 0. The Morgan fingerprint density at radius 3 is 2.27 bits per heavy atom. The number of hydrogen-bond acceptors (Lipinski definition) is 6. The predicted octanol–water partition coefficient (Wildman–Crippen LogP) is 7.07. The SMILES string of the molecule is CCOC(=O)C[C@H](NC(=O)[C@H](CC(C)C)n1cc(CCN2CC(C)(F)C2)c(C)nc1=O)c1cc(-c2c(C)cccc2C)cc(C(F)F)c1C. The van der Waals surface area contributed by atoms with Gasteiger partial charge in [-0.05, 0) is 111 Å². The maximum Gasteiger partial charge on any atom is 0.348 e. The Morgan fingerprint density at radius 1 is 1.06 bits per heavy atom. The van der Waals surface area contributed by atoms with Crippen molar-refractivity contribution in [2.75, 3.05) is 26.2 Å². The molecule has 3 aromatic rings. The van der Waals surface area contributed by atoms with Crippen molar-refractivity contribution in [1.82, 2.24) is 19.8 Å². The van der Waals surface area contributed by atoms with Crippen LogP contribution in [-0.2, 0) is 20.7 Å². The zero-order valence-electron chi connectivity index (χ0n) is 29.8. The minimum atomic E-state index is -2.80. The van der Waals surface area contributed by atoms with E-state index >= 15 is 0 Å². The van der Waals surface area contributed by atoms with Gasteiger partial charge in [-0.15, -0.1) is 0 Å². The van der Waals surface area contributed by atoms with E-state index in [0.717, 1.165) is 22.3 Å². The van der Waals surface area contributed by atoms with Crippen molar-refractivity contribution in [3.05, 3.63) is 86.1 Å². The van der Waals surface area contributed by atoms with Crippen LogP contribution in [0.15, 0.2) is 41.3 Å². The van der Waals surface area contributed by atoms with Crippen molar-refractivity contribution in [3.63, 3.8) is 0 Å². The third kappa shape index (κ3) is 9.17. The van der Waals surface area contributed by atoms with E-state index in [4.69, 9.17) is 4.74 Å². The first-order valence-corrected chi connectivity index (χ1v) is 17.0. The summed E-state index contributed by atoms with van der Waals surface area (Å²) < 4.78 is 49.7. The van der Waals surface area contributed by atoms with Crippen LogP contribution < -0.4 is 11.0 Å². The highest BCUT2D eigenvalue weighted by atomic mass is 19.3. The molecule has 2 heterocycles. The Morgan fingerprint density at radius 2 is 1.69 bits per heavy atom. The van der Waals surface area contributed by atoms with E-state index in [2.05, 4.69) is 10.3 Å². The quantitative estimate of drug-likeness (QED) is 0.183. The topological polar surface area (TPSA) is 93.5 Å². The number of alkyl halides is 3. The molecule has 2 atom stereocenters. The molecule has 0 aliphatic carbocycles. The molecule has 266 valence electrons. The van der Waals surface area contributed by atoms with Gasteiger partial charge in [0.2, 0.25) is 5.91 Å². The van der Waals surface area contributed by atoms with Gasteiger partial charge < -0.3 is 10.1 Å². The summed E-state index contributed by atoms with van der Waals surface area (Å²) in [6.07, 6.45) is -0.673. The molecule has 1 saturated heterocycles. The van der Waals surface area contributed by atoms with Crippen LogP contribution in [0.5, 0.6) is 0 Å². The molecule has 0 unspecified atom stereocenters. The van der Waals surface area contributed by atoms with Crippen LogP contribution in [0.1, 0.15) is 98.1 Å². The third-order valence-electron chi connectivity index (χ3n) is 9.24. The van der Waals surface area contributed by atoms with Gasteiger partial charge in [0, 0.05) is 37.1 Å². The second-order valence-corrected chi connectivity index (χ2v) is 14.0. The maximum atomic E-state index is 14.6. The Kier molecular flexibility index (Phi) is 12.1. The number of rotatable bonds is 14. The summed E-state index contributed by atoms with van der Waals surface area (Å²) in [5.41, 5.74) is 3.04. The summed E-state index contributed by atoms with van der Waals surface area (Å²) in [5, 5.41) is 2.96. The Labute approximate surface area is 287 Å². The van der Waals surface area contributed by atoms with Crippen LogP contribution in [0.2, 0.25) is 0 Å². The van der Waals surface area contributed by atoms with Crippen molar-refractivity contribution in [2.24, 2.45) is 5.92 Å². The zero-order valence-corrected chi connectivity index (χ0v) is 29.8. The Hall–Kier alpha value is -3.99. The largest absolute Gasteiger partial charge is 0.466 e. The first kappa shape index (κ1) is 37.8.